The predicted molar refractivity (Wildman–Crippen MR) is 69.5 cm³/mol. The number of hydrogen-bond donors (Lipinski definition) is 2. The standard InChI is InChI=1S/C11H15N3O4S/c1-7(15)12-11-13-9(10(16)17)8(19-11)6-14-2-4-18-5-3-14/h2-6H2,1H3,(H,16,17)(H,12,13,15). The van der Waals surface area contributed by atoms with Crippen LogP contribution in [0.15, 0.2) is 0 Å². The highest BCUT2D eigenvalue weighted by molar-refractivity contribution is 7.16. The lowest BCUT2D eigenvalue weighted by atomic mass is 10.3. The van der Waals surface area contributed by atoms with Crippen LogP contribution in [0.3, 0.4) is 0 Å². The van der Waals surface area contributed by atoms with Gasteiger partial charge >= 0.3 is 5.97 Å². The van der Waals surface area contributed by atoms with E-state index in [0.717, 1.165) is 13.1 Å². The van der Waals surface area contributed by atoms with Crippen LogP contribution in [0, 0.1) is 0 Å². The Balaban J connectivity index is 2.14. The monoisotopic (exact) mass is 285 g/mol. The Labute approximate surface area is 114 Å². The summed E-state index contributed by atoms with van der Waals surface area (Å²) in [7, 11) is 0. The van der Waals surface area contributed by atoms with E-state index in [0.29, 0.717) is 29.8 Å². The van der Waals surface area contributed by atoms with E-state index in [1.54, 1.807) is 0 Å². The van der Waals surface area contributed by atoms with Gasteiger partial charge in [0.1, 0.15) is 0 Å². The summed E-state index contributed by atoms with van der Waals surface area (Å²) in [5.74, 6) is -1.33. The van der Waals surface area contributed by atoms with Crippen molar-refractivity contribution in [2.24, 2.45) is 0 Å². The van der Waals surface area contributed by atoms with Crippen LogP contribution in [-0.2, 0) is 16.1 Å². The van der Waals surface area contributed by atoms with Crippen LogP contribution in [0.4, 0.5) is 5.13 Å². The largest absolute Gasteiger partial charge is 0.476 e. The molecule has 1 amide bonds. The summed E-state index contributed by atoms with van der Waals surface area (Å²) in [4.78, 5) is 28.8. The number of rotatable bonds is 4. The number of carboxylic acids is 1. The molecular weight excluding hydrogens is 270 g/mol. The van der Waals surface area contributed by atoms with E-state index in [1.165, 1.54) is 18.3 Å². The zero-order valence-corrected chi connectivity index (χ0v) is 11.3. The van der Waals surface area contributed by atoms with Gasteiger partial charge in [0.05, 0.1) is 18.1 Å². The summed E-state index contributed by atoms with van der Waals surface area (Å²) in [6.45, 7) is 4.73. The molecule has 0 radical (unpaired) electrons. The van der Waals surface area contributed by atoms with Gasteiger partial charge in [-0.25, -0.2) is 9.78 Å². The average molecular weight is 285 g/mol. The molecule has 8 heteroatoms. The zero-order chi connectivity index (χ0) is 13.8. The van der Waals surface area contributed by atoms with Gasteiger partial charge < -0.3 is 15.2 Å². The normalized spacial score (nSPS) is 16.3. The summed E-state index contributed by atoms with van der Waals surface area (Å²) >= 11 is 1.20. The van der Waals surface area contributed by atoms with Gasteiger partial charge in [0.25, 0.3) is 0 Å². The SMILES string of the molecule is CC(=O)Nc1nc(C(=O)O)c(CN2CCOCC2)s1. The van der Waals surface area contributed by atoms with Gasteiger partial charge in [-0.05, 0) is 0 Å². The van der Waals surface area contributed by atoms with Crippen LogP contribution in [0.2, 0.25) is 0 Å². The van der Waals surface area contributed by atoms with Gasteiger partial charge in [0, 0.05) is 26.6 Å². The number of thiazole rings is 1. The van der Waals surface area contributed by atoms with E-state index in [-0.39, 0.29) is 11.6 Å². The lowest BCUT2D eigenvalue weighted by molar-refractivity contribution is -0.114. The van der Waals surface area contributed by atoms with Crippen molar-refractivity contribution in [1.82, 2.24) is 9.88 Å². The molecule has 2 rings (SSSR count). The van der Waals surface area contributed by atoms with Crippen molar-refractivity contribution in [1.29, 1.82) is 0 Å². The minimum atomic E-state index is -1.07. The fourth-order valence-electron chi connectivity index (χ4n) is 1.79. The van der Waals surface area contributed by atoms with E-state index < -0.39 is 5.97 Å². The number of nitrogens with one attached hydrogen (secondary N) is 1. The number of nitrogens with zero attached hydrogens (tertiary/aromatic N) is 2. The topological polar surface area (TPSA) is 91.8 Å². The molecule has 0 bridgehead atoms. The maximum absolute atomic E-state index is 11.2. The Kier molecular flexibility index (Phi) is 4.46. The van der Waals surface area contributed by atoms with Crippen molar-refractivity contribution in [3.8, 4) is 0 Å². The number of aromatic carboxylic acids is 1. The summed E-state index contributed by atoms with van der Waals surface area (Å²) in [6, 6.07) is 0. The van der Waals surface area contributed by atoms with E-state index in [4.69, 9.17) is 9.84 Å². The molecule has 1 aromatic heterocycles. The third-order valence-corrected chi connectivity index (χ3v) is 3.61. The first-order valence-corrected chi connectivity index (χ1v) is 6.68. The Morgan fingerprint density at radius 2 is 2.16 bits per heavy atom. The number of hydrogen-bond acceptors (Lipinski definition) is 6. The molecule has 0 aromatic carbocycles. The number of carboxylic acid groups (broad SMARTS) is 1. The Hall–Kier alpha value is -1.51. The molecule has 0 spiro atoms. The molecule has 1 saturated heterocycles. The third kappa shape index (κ3) is 3.72. The molecule has 19 heavy (non-hydrogen) atoms. The van der Waals surface area contributed by atoms with Crippen LogP contribution in [0.5, 0.6) is 0 Å². The lowest BCUT2D eigenvalue weighted by Crippen LogP contribution is -2.35. The number of carbonyl (C=O) groups is 2. The van der Waals surface area contributed by atoms with Gasteiger partial charge in [0.15, 0.2) is 10.8 Å². The zero-order valence-electron chi connectivity index (χ0n) is 10.5. The highest BCUT2D eigenvalue weighted by Crippen LogP contribution is 2.25. The highest BCUT2D eigenvalue weighted by atomic mass is 32.1. The molecule has 2 heterocycles. The molecule has 0 aliphatic carbocycles. The number of ether oxygens (including phenoxy) is 1. The van der Waals surface area contributed by atoms with Crippen LogP contribution in [-0.4, -0.2) is 53.2 Å². The molecule has 1 aliphatic rings. The quantitative estimate of drug-likeness (QED) is 0.843. The Morgan fingerprint density at radius 1 is 1.47 bits per heavy atom. The van der Waals surface area contributed by atoms with Gasteiger partial charge in [-0.2, -0.15) is 0 Å². The molecule has 0 unspecified atom stereocenters. The van der Waals surface area contributed by atoms with Crippen molar-refractivity contribution < 1.29 is 19.4 Å². The van der Waals surface area contributed by atoms with Crippen molar-refractivity contribution in [2.45, 2.75) is 13.5 Å². The molecule has 1 fully saturated rings. The van der Waals surface area contributed by atoms with Crippen molar-refractivity contribution in [3.63, 3.8) is 0 Å². The fraction of sp³-hybridized carbons (Fsp3) is 0.545. The molecule has 1 aromatic rings. The summed E-state index contributed by atoms with van der Waals surface area (Å²) < 4.78 is 5.25. The number of morpholine rings is 1. The van der Waals surface area contributed by atoms with Gasteiger partial charge in [-0.3, -0.25) is 9.69 Å². The van der Waals surface area contributed by atoms with Crippen LogP contribution in [0.1, 0.15) is 22.3 Å². The van der Waals surface area contributed by atoms with Crippen molar-refractivity contribution >= 4 is 28.3 Å². The number of anilines is 1. The molecule has 2 N–H and O–H groups in total. The third-order valence-electron chi connectivity index (χ3n) is 2.65. The van der Waals surface area contributed by atoms with Gasteiger partial charge in [-0.1, -0.05) is 11.3 Å². The Morgan fingerprint density at radius 3 is 2.74 bits per heavy atom. The lowest BCUT2D eigenvalue weighted by Gasteiger charge is -2.25. The second-order valence-corrected chi connectivity index (χ2v) is 5.25. The first-order valence-electron chi connectivity index (χ1n) is 5.87. The van der Waals surface area contributed by atoms with Gasteiger partial charge in [-0.15, -0.1) is 0 Å². The highest BCUT2D eigenvalue weighted by Gasteiger charge is 2.21. The fourth-order valence-corrected chi connectivity index (χ4v) is 2.83. The maximum atomic E-state index is 11.2. The van der Waals surface area contributed by atoms with Crippen molar-refractivity contribution in [3.05, 3.63) is 10.6 Å². The molecule has 104 valence electrons. The van der Waals surface area contributed by atoms with E-state index in [2.05, 4.69) is 15.2 Å². The second kappa shape index (κ2) is 6.09. The second-order valence-electron chi connectivity index (χ2n) is 4.17. The first kappa shape index (κ1) is 13.9. The van der Waals surface area contributed by atoms with Crippen molar-refractivity contribution in [2.75, 3.05) is 31.6 Å². The van der Waals surface area contributed by atoms with Crippen LogP contribution < -0.4 is 5.32 Å². The summed E-state index contributed by atoms with van der Waals surface area (Å²) in [5, 5.41) is 12.0. The molecular formula is C11H15N3O4S. The van der Waals surface area contributed by atoms with E-state index in [9.17, 15) is 9.59 Å². The number of aromatic nitrogens is 1. The predicted octanol–water partition coefficient (Wildman–Crippen LogP) is 0.632. The minimum Gasteiger partial charge on any atom is -0.476 e. The molecule has 1 aliphatic heterocycles. The maximum Gasteiger partial charge on any atom is 0.355 e. The van der Waals surface area contributed by atoms with Gasteiger partial charge in [0.2, 0.25) is 5.91 Å². The number of carbonyl (C=O) groups excluding carboxylic acids is 1. The van der Waals surface area contributed by atoms with Crippen LogP contribution in [0.25, 0.3) is 0 Å². The first-order chi connectivity index (χ1) is 9.06. The smallest absolute Gasteiger partial charge is 0.355 e. The number of amides is 1. The summed E-state index contributed by atoms with van der Waals surface area (Å²) in [5.41, 5.74) is 0.0141. The average Bonchev–Trinajstić information content (AvgIpc) is 2.72. The Bertz CT molecular complexity index is 482. The molecule has 7 nitrogen and oxygen atoms in total. The van der Waals surface area contributed by atoms with Crippen LogP contribution >= 0.6 is 11.3 Å². The minimum absolute atomic E-state index is 0.0141. The molecule has 0 atom stereocenters. The van der Waals surface area contributed by atoms with E-state index >= 15 is 0 Å². The van der Waals surface area contributed by atoms with E-state index in [1.807, 2.05) is 0 Å². The molecule has 0 saturated carbocycles. The summed E-state index contributed by atoms with van der Waals surface area (Å²) in [6.07, 6.45) is 0.